The van der Waals surface area contributed by atoms with Crippen molar-refractivity contribution in [3.63, 3.8) is 0 Å². The number of fused-ring (bicyclic) bond motifs is 2. The van der Waals surface area contributed by atoms with Gasteiger partial charge < -0.3 is 15.2 Å². The van der Waals surface area contributed by atoms with E-state index in [1.54, 1.807) is 34.0 Å². The molecule has 5 rings (SSSR count). The molecule has 0 fully saturated rings. The molecule has 0 saturated carbocycles. The highest BCUT2D eigenvalue weighted by Crippen LogP contribution is 2.35. The van der Waals surface area contributed by atoms with E-state index in [-0.39, 0.29) is 23.2 Å². The van der Waals surface area contributed by atoms with Crippen molar-refractivity contribution in [1.29, 1.82) is 0 Å². The number of imidazole rings is 2. The third-order valence-electron chi connectivity index (χ3n) is 6.02. The van der Waals surface area contributed by atoms with Crippen molar-refractivity contribution in [2.24, 2.45) is 7.05 Å². The summed E-state index contributed by atoms with van der Waals surface area (Å²) in [5.41, 5.74) is 11.6. The zero-order chi connectivity index (χ0) is 24.0. The predicted molar refractivity (Wildman–Crippen MR) is 130 cm³/mol. The van der Waals surface area contributed by atoms with Crippen LogP contribution < -0.4 is 5.73 Å². The van der Waals surface area contributed by atoms with Crippen LogP contribution in [0.3, 0.4) is 0 Å². The molecule has 5 aromatic rings. The fourth-order valence-corrected chi connectivity index (χ4v) is 4.20. The molecule has 0 spiro atoms. The topological polar surface area (TPSA) is 94.3 Å². The SMILES string of the molecule is CCN(CC)C(=O)c1cn2c(-c3ccc4ncn(C)c4c3)c(-c3ccc(F)cc3)nc(N)c2n1. The van der Waals surface area contributed by atoms with Gasteiger partial charge >= 0.3 is 0 Å². The minimum absolute atomic E-state index is 0.176. The van der Waals surface area contributed by atoms with Crippen LogP contribution in [0.1, 0.15) is 24.3 Å². The number of carbonyl (C=O) groups is 1. The van der Waals surface area contributed by atoms with Gasteiger partial charge in [-0.3, -0.25) is 9.20 Å². The van der Waals surface area contributed by atoms with Gasteiger partial charge in [-0.1, -0.05) is 6.07 Å². The Labute approximate surface area is 195 Å². The van der Waals surface area contributed by atoms with Gasteiger partial charge in [-0.15, -0.1) is 0 Å². The molecule has 0 aliphatic heterocycles. The lowest BCUT2D eigenvalue weighted by Crippen LogP contribution is -2.30. The highest BCUT2D eigenvalue weighted by atomic mass is 19.1. The predicted octanol–water partition coefficient (Wildman–Crippen LogP) is 4.15. The Hall–Kier alpha value is -4.27. The third-order valence-corrected chi connectivity index (χ3v) is 6.02. The Kier molecular flexibility index (Phi) is 5.24. The summed E-state index contributed by atoms with van der Waals surface area (Å²) in [7, 11) is 1.93. The van der Waals surface area contributed by atoms with E-state index in [0.29, 0.717) is 35.7 Å². The second-order valence-corrected chi connectivity index (χ2v) is 8.06. The summed E-state index contributed by atoms with van der Waals surface area (Å²) in [6.45, 7) is 4.99. The molecule has 3 heterocycles. The Morgan fingerprint density at radius 3 is 2.47 bits per heavy atom. The van der Waals surface area contributed by atoms with Crippen molar-refractivity contribution in [1.82, 2.24) is 28.8 Å². The minimum atomic E-state index is -0.342. The molecule has 8 nitrogen and oxygen atoms in total. The van der Waals surface area contributed by atoms with Crippen molar-refractivity contribution in [2.75, 3.05) is 18.8 Å². The summed E-state index contributed by atoms with van der Waals surface area (Å²) >= 11 is 0. The molecular weight excluding hydrogens is 433 g/mol. The van der Waals surface area contributed by atoms with Crippen LogP contribution in [0.4, 0.5) is 10.2 Å². The number of nitrogen functional groups attached to an aromatic ring is 1. The van der Waals surface area contributed by atoms with Gasteiger partial charge in [-0.25, -0.2) is 19.3 Å². The van der Waals surface area contributed by atoms with Crippen molar-refractivity contribution in [3.8, 4) is 22.5 Å². The molecule has 2 aromatic carbocycles. The summed E-state index contributed by atoms with van der Waals surface area (Å²) in [6.07, 6.45) is 3.45. The maximum Gasteiger partial charge on any atom is 0.274 e. The summed E-state index contributed by atoms with van der Waals surface area (Å²) in [6, 6.07) is 12.0. The fraction of sp³-hybridized carbons (Fsp3) is 0.200. The number of aryl methyl sites for hydroxylation is 1. The molecule has 0 bridgehead atoms. The molecule has 172 valence electrons. The number of aromatic nitrogens is 5. The third kappa shape index (κ3) is 3.45. The summed E-state index contributed by atoms with van der Waals surface area (Å²) in [4.78, 5) is 28.3. The number of benzene rings is 2. The lowest BCUT2D eigenvalue weighted by molar-refractivity contribution is 0.0768. The van der Waals surface area contributed by atoms with Gasteiger partial charge in [-0.2, -0.15) is 0 Å². The zero-order valence-electron chi connectivity index (χ0n) is 19.2. The largest absolute Gasteiger partial charge is 0.381 e. The first kappa shape index (κ1) is 21.6. The van der Waals surface area contributed by atoms with E-state index < -0.39 is 0 Å². The standard InChI is InChI=1S/C25H24FN7O/c1-4-32(5-2)25(34)19-13-33-22(16-8-11-18-20(12-16)31(3)14-28-18)21(30-23(27)24(33)29-19)15-6-9-17(26)10-7-15/h6-14H,4-5H2,1-3H3,(H2,27,30). The Morgan fingerprint density at radius 1 is 1.06 bits per heavy atom. The molecule has 9 heteroatoms. The highest BCUT2D eigenvalue weighted by molar-refractivity contribution is 5.95. The molecule has 0 unspecified atom stereocenters. The maximum atomic E-state index is 13.7. The fourth-order valence-electron chi connectivity index (χ4n) is 4.20. The van der Waals surface area contributed by atoms with E-state index in [4.69, 9.17) is 5.73 Å². The second kappa shape index (κ2) is 8.26. The number of hydrogen-bond donors (Lipinski definition) is 1. The van der Waals surface area contributed by atoms with Crippen LogP contribution in [0, 0.1) is 5.82 Å². The first-order chi connectivity index (χ1) is 16.4. The normalized spacial score (nSPS) is 11.4. The van der Waals surface area contributed by atoms with Crippen molar-refractivity contribution >= 4 is 28.4 Å². The number of amides is 1. The number of anilines is 1. The molecule has 2 N–H and O–H groups in total. The van der Waals surface area contributed by atoms with E-state index >= 15 is 0 Å². The Balaban J connectivity index is 1.82. The molecule has 0 radical (unpaired) electrons. The highest BCUT2D eigenvalue weighted by Gasteiger charge is 2.23. The Morgan fingerprint density at radius 2 is 1.76 bits per heavy atom. The van der Waals surface area contributed by atoms with Crippen molar-refractivity contribution in [3.05, 3.63) is 66.5 Å². The van der Waals surface area contributed by atoms with E-state index in [0.717, 1.165) is 16.6 Å². The molecule has 34 heavy (non-hydrogen) atoms. The van der Waals surface area contributed by atoms with Gasteiger partial charge in [-0.05, 0) is 50.2 Å². The number of carbonyl (C=O) groups excluding carboxylic acids is 1. The van der Waals surface area contributed by atoms with Gasteiger partial charge in [0, 0.05) is 37.5 Å². The molecule has 0 aliphatic rings. The minimum Gasteiger partial charge on any atom is -0.381 e. The van der Waals surface area contributed by atoms with Crippen molar-refractivity contribution in [2.45, 2.75) is 13.8 Å². The van der Waals surface area contributed by atoms with E-state index in [2.05, 4.69) is 15.0 Å². The lowest BCUT2D eigenvalue weighted by Gasteiger charge is -2.16. The first-order valence-electron chi connectivity index (χ1n) is 11.1. The molecule has 0 saturated heterocycles. The number of rotatable bonds is 5. The number of hydrogen-bond acceptors (Lipinski definition) is 5. The van der Waals surface area contributed by atoms with Crippen LogP contribution in [-0.2, 0) is 7.05 Å². The average Bonchev–Trinajstić information content (AvgIpc) is 3.45. The average molecular weight is 458 g/mol. The van der Waals surface area contributed by atoms with Gasteiger partial charge in [0.2, 0.25) is 0 Å². The van der Waals surface area contributed by atoms with E-state index in [1.807, 2.05) is 43.7 Å². The zero-order valence-corrected chi connectivity index (χ0v) is 19.2. The van der Waals surface area contributed by atoms with Gasteiger partial charge in [0.1, 0.15) is 11.5 Å². The van der Waals surface area contributed by atoms with E-state index in [9.17, 15) is 9.18 Å². The number of halogens is 1. The molecule has 0 aliphatic carbocycles. The van der Waals surface area contributed by atoms with Crippen LogP contribution in [-0.4, -0.2) is 47.8 Å². The van der Waals surface area contributed by atoms with Gasteiger partial charge in [0.25, 0.3) is 5.91 Å². The van der Waals surface area contributed by atoms with Crippen LogP contribution in [0.5, 0.6) is 0 Å². The second-order valence-electron chi connectivity index (χ2n) is 8.06. The molecule has 0 atom stereocenters. The summed E-state index contributed by atoms with van der Waals surface area (Å²) < 4.78 is 17.4. The van der Waals surface area contributed by atoms with Crippen LogP contribution in [0.2, 0.25) is 0 Å². The van der Waals surface area contributed by atoms with Gasteiger partial charge in [0.05, 0.1) is 28.7 Å². The Bertz CT molecular complexity index is 1530. The summed E-state index contributed by atoms with van der Waals surface area (Å²) in [5, 5.41) is 0. The molecule has 3 aromatic heterocycles. The first-order valence-corrected chi connectivity index (χ1v) is 11.1. The lowest BCUT2D eigenvalue weighted by atomic mass is 10.0. The maximum absolute atomic E-state index is 13.7. The number of nitrogens with two attached hydrogens (primary N) is 1. The molecule has 1 amide bonds. The quantitative estimate of drug-likeness (QED) is 0.428. The van der Waals surface area contributed by atoms with Crippen molar-refractivity contribution < 1.29 is 9.18 Å². The van der Waals surface area contributed by atoms with Crippen LogP contribution >= 0.6 is 0 Å². The molecular formula is C25H24FN7O. The summed E-state index contributed by atoms with van der Waals surface area (Å²) in [5.74, 6) is -0.335. The van der Waals surface area contributed by atoms with Crippen LogP contribution in [0.15, 0.2) is 55.0 Å². The van der Waals surface area contributed by atoms with Gasteiger partial charge in [0.15, 0.2) is 11.5 Å². The van der Waals surface area contributed by atoms with E-state index in [1.165, 1.54) is 12.1 Å². The number of nitrogens with zero attached hydrogens (tertiary/aromatic N) is 6. The van der Waals surface area contributed by atoms with Crippen LogP contribution in [0.25, 0.3) is 39.2 Å². The monoisotopic (exact) mass is 457 g/mol. The smallest absolute Gasteiger partial charge is 0.274 e.